The summed E-state index contributed by atoms with van der Waals surface area (Å²) < 4.78 is 0. The van der Waals surface area contributed by atoms with E-state index in [2.05, 4.69) is 26.0 Å². The minimum atomic E-state index is -0.856. The molecule has 4 aliphatic carbocycles. The summed E-state index contributed by atoms with van der Waals surface area (Å²) in [6, 6.07) is 7.22. The van der Waals surface area contributed by atoms with Crippen LogP contribution in [0.5, 0.6) is 0 Å². The van der Waals surface area contributed by atoms with Crippen LogP contribution in [0.4, 0.5) is 0 Å². The SMILES string of the molecule is CC.CC12CCCCC1CCC1C2CCC2(C)C(CC/C=C/c3ccc(C(=O)O)cc3)CCC12. The highest BCUT2D eigenvalue weighted by Crippen LogP contribution is 2.67. The minimum Gasteiger partial charge on any atom is -0.478 e. The first-order chi connectivity index (χ1) is 16.4. The van der Waals surface area contributed by atoms with Crippen LogP contribution in [0.2, 0.25) is 0 Å². The third-order valence-corrected chi connectivity index (χ3v) is 10.9. The summed E-state index contributed by atoms with van der Waals surface area (Å²) in [7, 11) is 0. The fourth-order valence-corrected chi connectivity index (χ4v) is 9.13. The van der Waals surface area contributed by atoms with Gasteiger partial charge in [-0.15, -0.1) is 0 Å². The lowest BCUT2D eigenvalue weighted by Crippen LogP contribution is -2.52. The van der Waals surface area contributed by atoms with E-state index < -0.39 is 5.97 Å². The average Bonchev–Trinajstić information content (AvgIpc) is 3.19. The first kappa shape index (κ1) is 25.5. The van der Waals surface area contributed by atoms with E-state index in [9.17, 15) is 4.79 Å². The van der Waals surface area contributed by atoms with Crippen molar-refractivity contribution in [3.05, 3.63) is 41.5 Å². The Hall–Kier alpha value is -1.57. The number of rotatable bonds is 5. The molecular formula is C32H48O2. The van der Waals surface area contributed by atoms with Crippen LogP contribution in [0.15, 0.2) is 30.3 Å². The number of carboxylic acid groups (broad SMARTS) is 1. The Bertz CT molecular complexity index is 854. The third kappa shape index (κ3) is 4.63. The molecule has 0 heterocycles. The first-order valence-corrected chi connectivity index (χ1v) is 14.4. The highest BCUT2D eigenvalue weighted by Gasteiger charge is 2.59. The summed E-state index contributed by atoms with van der Waals surface area (Å²) in [6.07, 6.45) is 21.8. The molecule has 1 aromatic carbocycles. The predicted octanol–water partition coefficient (Wildman–Crippen LogP) is 9.25. The van der Waals surface area contributed by atoms with Crippen molar-refractivity contribution in [3.63, 3.8) is 0 Å². The van der Waals surface area contributed by atoms with E-state index in [1.165, 1.54) is 70.6 Å². The second-order valence-corrected chi connectivity index (χ2v) is 12.1. The Morgan fingerprint density at radius 2 is 1.65 bits per heavy atom. The molecule has 188 valence electrons. The standard InChI is InChI=1S/C30H42O2.C2H6/c1-29-19-6-5-9-23(29)14-16-25-26-17-15-24(30(26,2)20-18-27(25)29)8-4-3-7-21-10-12-22(13-11-21)28(31)32;1-2/h3,7,10-13,23-27H,4-6,8-9,14-20H2,1-2H3,(H,31,32);1-2H3/b7-3+;. The molecule has 0 spiro atoms. The summed E-state index contributed by atoms with van der Waals surface area (Å²) in [5.41, 5.74) is 2.68. The topological polar surface area (TPSA) is 37.3 Å². The predicted molar refractivity (Wildman–Crippen MR) is 143 cm³/mol. The third-order valence-electron chi connectivity index (χ3n) is 10.9. The monoisotopic (exact) mass is 464 g/mol. The van der Waals surface area contributed by atoms with Crippen LogP contribution in [-0.4, -0.2) is 11.1 Å². The van der Waals surface area contributed by atoms with Crippen LogP contribution in [0, 0.1) is 40.4 Å². The molecule has 1 aromatic rings. The number of aromatic carboxylic acids is 1. The lowest BCUT2D eigenvalue weighted by molar-refractivity contribution is -0.111. The smallest absolute Gasteiger partial charge is 0.335 e. The molecule has 0 saturated heterocycles. The van der Waals surface area contributed by atoms with Crippen molar-refractivity contribution in [2.24, 2.45) is 40.4 Å². The second kappa shape index (κ2) is 10.6. The Balaban J connectivity index is 0.00000133. The summed E-state index contributed by atoms with van der Waals surface area (Å²) in [5.74, 6) is 4.02. The first-order valence-electron chi connectivity index (χ1n) is 14.4. The van der Waals surface area contributed by atoms with Gasteiger partial charge in [-0.1, -0.05) is 64.8 Å². The second-order valence-electron chi connectivity index (χ2n) is 12.1. The molecule has 5 rings (SSSR count). The van der Waals surface area contributed by atoms with Crippen molar-refractivity contribution in [1.29, 1.82) is 0 Å². The van der Waals surface area contributed by atoms with Gasteiger partial charge in [0.2, 0.25) is 0 Å². The fourth-order valence-electron chi connectivity index (χ4n) is 9.13. The van der Waals surface area contributed by atoms with E-state index in [0.29, 0.717) is 16.4 Å². The van der Waals surface area contributed by atoms with Gasteiger partial charge in [-0.3, -0.25) is 0 Å². The number of hydrogen-bond donors (Lipinski definition) is 1. The summed E-state index contributed by atoms with van der Waals surface area (Å²) in [5, 5.41) is 9.06. The number of benzene rings is 1. The summed E-state index contributed by atoms with van der Waals surface area (Å²) >= 11 is 0. The lowest BCUT2D eigenvalue weighted by atomic mass is 9.45. The molecule has 34 heavy (non-hydrogen) atoms. The maximum atomic E-state index is 11.0. The lowest BCUT2D eigenvalue weighted by Gasteiger charge is -2.60. The van der Waals surface area contributed by atoms with Gasteiger partial charge >= 0.3 is 5.97 Å². The maximum absolute atomic E-state index is 11.0. The van der Waals surface area contributed by atoms with E-state index >= 15 is 0 Å². The Morgan fingerprint density at radius 1 is 0.912 bits per heavy atom. The number of carboxylic acids is 1. The van der Waals surface area contributed by atoms with Crippen molar-refractivity contribution >= 4 is 12.0 Å². The molecule has 0 aromatic heterocycles. The molecule has 2 heteroatoms. The molecule has 4 aliphatic rings. The van der Waals surface area contributed by atoms with Gasteiger partial charge in [0, 0.05) is 0 Å². The molecule has 7 unspecified atom stereocenters. The molecule has 0 bridgehead atoms. The van der Waals surface area contributed by atoms with E-state index in [4.69, 9.17) is 5.11 Å². The summed E-state index contributed by atoms with van der Waals surface area (Å²) in [4.78, 5) is 11.0. The van der Waals surface area contributed by atoms with Crippen LogP contribution in [-0.2, 0) is 0 Å². The van der Waals surface area contributed by atoms with Gasteiger partial charge < -0.3 is 5.11 Å². The van der Waals surface area contributed by atoms with Crippen molar-refractivity contribution in [2.45, 2.75) is 105 Å². The molecule has 2 nitrogen and oxygen atoms in total. The Labute approximate surface area is 208 Å². The molecule has 7 atom stereocenters. The highest BCUT2D eigenvalue weighted by atomic mass is 16.4. The average molecular weight is 465 g/mol. The van der Waals surface area contributed by atoms with E-state index in [1.807, 2.05) is 26.0 Å². The molecule has 0 aliphatic heterocycles. The number of allylic oxidation sites excluding steroid dienone is 1. The van der Waals surface area contributed by atoms with Gasteiger partial charge in [0.05, 0.1) is 5.56 Å². The van der Waals surface area contributed by atoms with Crippen LogP contribution in [0.3, 0.4) is 0 Å². The Kier molecular flexibility index (Phi) is 7.95. The van der Waals surface area contributed by atoms with Crippen LogP contribution in [0.1, 0.15) is 121 Å². The molecule has 0 radical (unpaired) electrons. The number of fused-ring (bicyclic) bond motifs is 5. The van der Waals surface area contributed by atoms with Gasteiger partial charge in [-0.25, -0.2) is 4.79 Å². The Morgan fingerprint density at radius 3 is 2.38 bits per heavy atom. The van der Waals surface area contributed by atoms with Crippen LogP contribution in [0.25, 0.3) is 6.08 Å². The van der Waals surface area contributed by atoms with Gasteiger partial charge in [-0.2, -0.15) is 0 Å². The normalized spacial score (nSPS) is 38.9. The molecule has 4 fully saturated rings. The maximum Gasteiger partial charge on any atom is 0.335 e. The van der Waals surface area contributed by atoms with Crippen molar-refractivity contribution in [3.8, 4) is 0 Å². The largest absolute Gasteiger partial charge is 0.478 e. The van der Waals surface area contributed by atoms with Gasteiger partial charge in [0.15, 0.2) is 0 Å². The fraction of sp³-hybridized carbons (Fsp3) is 0.719. The number of hydrogen-bond acceptors (Lipinski definition) is 1. The van der Waals surface area contributed by atoms with Gasteiger partial charge in [0.25, 0.3) is 0 Å². The number of carbonyl (C=O) groups is 1. The molecular weight excluding hydrogens is 416 g/mol. The van der Waals surface area contributed by atoms with Gasteiger partial charge in [0.1, 0.15) is 0 Å². The van der Waals surface area contributed by atoms with Crippen LogP contribution < -0.4 is 0 Å². The van der Waals surface area contributed by atoms with Crippen molar-refractivity contribution in [2.75, 3.05) is 0 Å². The van der Waals surface area contributed by atoms with E-state index in [0.717, 1.165) is 41.6 Å². The van der Waals surface area contributed by atoms with E-state index in [1.54, 1.807) is 12.1 Å². The minimum absolute atomic E-state index is 0.360. The quantitative estimate of drug-likeness (QED) is 0.471. The molecule has 1 N–H and O–H groups in total. The van der Waals surface area contributed by atoms with Gasteiger partial charge in [-0.05, 0) is 122 Å². The van der Waals surface area contributed by atoms with Crippen molar-refractivity contribution < 1.29 is 9.90 Å². The molecule has 4 saturated carbocycles. The zero-order chi connectivity index (χ0) is 24.3. The zero-order valence-corrected chi connectivity index (χ0v) is 22.2. The summed E-state index contributed by atoms with van der Waals surface area (Å²) in [6.45, 7) is 9.35. The zero-order valence-electron chi connectivity index (χ0n) is 22.2. The van der Waals surface area contributed by atoms with Crippen LogP contribution >= 0.6 is 0 Å². The highest BCUT2D eigenvalue weighted by molar-refractivity contribution is 5.87. The molecule has 0 amide bonds. The van der Waals surface area contributed by atoms with Crippen molar-refractivity contribution in [1.82, 2.24) is 0 Å². The van der Waals surface area contributed by atoms with E-state index in [-0.39, 0.29) is 0 Å².